The standard InChI is InChI=1S/C25H30N4O6S/c1-3-4-5-6-7-20(27-15-23(26-16-27)29(32)33)24(30)28-14-19(13-21(28)25(31)34-2)35-18-8-9-22-17(12-18)10-11-36-22/h8-12,15-16,19-21H,3-7,13-14H2,1-2H3/t19-,20+,21-/m0/s1. The van der Waals surface area contributed by atoms with Crippen LogP contribution in [0.5, 0.6) is 5.75 Å². The van der Waals surface area contributed by atoms with Crippen LogP contribution in [0, 0.1) is 10.1 Å². The van der Waals surface area contributed by atoms with Gasteiger partial charge in [-0.2, -0.15) is 0 Å². The second-order valence-electron chi connectivity index (χ2n) is 8.93. The first-order chi connectivity index (χ1) is 17.4. The Morgan fingerprint density at radius 1 is 1.28 bits per heavy atom. The molecule has 0 radical (unpaired) electrons. The van der Waals surface area contributed by atoms with Gasteiger partial charge >= 0.3 is 11.8 Å². The number of aromatic nitrogens is 2. The van der Waals surface area contributed by atoms with E-state index in [1.807, 2.05) is 29.6 Å². The van der Waals surface area contributed by atoms with E-state index in [1.165, 1.54) is 29.1 Å². The molecule has 3 aromatic rings. The molecule has 3 heterocycles. The van der Waals surface area contributed by atoms with Crippen molar-refractivity contribution in [3.63, 3.8) is 0 Å². The van der Waals surface area contributed by atoms with Crippen molar-refractivity contribution < 1.29 is 24.0 Å². The molecular formula is C25H30N4O6S. The van der Waals surface area contributed by atoms with E-state index < -0.39 is 29.1 Å². The summed E-state index contributed by atoms with van der Waals surface area (Å²) in [5.41, 5.74) is 0. The third-order valence-corrected chi connectivity index (χ3v) is 7.39. The number of carbonyl (C=O) groups is 2. The average Bonchev–Trinajstić information content (AvgIpc) is 3.62. The number of fused-ring (bicyclic) bond motifs is 1. The summed E-state index contributed by atoms with van der Waals surface area (Å²) in [7, 11) is 1.30. The predicted molar refractivity (Wildman–Crippen MR) is 135 cm³/mol. The van der Waals surface area contributed by atoms with Gasteiger partial charge in [-0.15, -0.1) is 11.3 Å². The van der Waals surface area contributed by atoms with E-state index in [2.05, 4.69) is 11.9 Å². The van der Waals surface area contributed by atoms with Crippen LogP contribution in [0.4, 0.5) is 5.82 Å². The van der Waals surface area contributed by atoms with Crippen LogP contribution < -0.4 is 4.74 Å². The zero-order valence-electron chi connectivity index (χ0n) is 20.4. The number of nitrogens with zero attached hydrogens (tertiary/aromatic N) is 4. The van der Waals surface area contributed by atoms with Gasteiger partial charge in [0.25, 0.3) is 0 Å². The first-order valence-corrected chi connectivity index (χ1v) is 13.0. The van der Waals surface area contributed by atoms with Gasteiger partial charge in [0.2, 0.25) is 12.2 Å². The Labute approximate surface area is 213 Å². The second kappa shape index (κ2) is 11.5. The number of rotatable bonds is 11. The fourth-order valence-corrected chi connectivity index (χ4v) is 5.41. The quantitative estimate of drug-likeness (QED) is 0.157. The lowest BCUT2D eigenvalue weighted by Crippen LogP contribution is -2.44. The third kappa shape index (κ3) is 5.67. The van der Waals surface area contributed by atoms with Crippen LogP contribution in [0.3, 0.4) is 0 Å². The van der Waals surface area contributed by atoms with Crippen molar-refractivity contribution in [2.45, 2.75) is 63.6 Å². The maximum Gasteiger partial charge on any atom is 0.381 e. The molecule has 1 aliphatic heterocycles. The zero-order chi connectivity index (χ0) is 25.7. The van der Waals surface area contributed by atoms with Gasteiger partial charge in [-0.25, -0.2) is 4.79 Å². The highest BCUT2D eigenvalue weighted by Crippen LogP contribution is 2.31. The normalized spacial score (nSPS) is 18.3. The molecule has 1 aromatic carbocycles. The van der Waals surface area contributed by atoms with Gasteiger partial charge in [-0.05, 0) is 51.4 Å². The molecule has 192 valence electrons. The van der Waals surface area contributed by atoms with Crippen LogP contribution in [-0.4, -0.2) is 57.1 Å². The first-order valence-electron chi connectivity index (χ1n) is 12.1. The zero-order valence-corrected chi connectivity index (χ0v) is 21.2. The third-order valence-electron chi connectivity index (χ3n) is 6.50. The molecule has 1 amide bonds. The molecule has 2 aromatic heterocycles. The number of esters is 1. The molecule has 0 N–H and O–H groups in total. The summed E-state index contributed by atoms with van der Waals surface area (Å²) in [4.78, 5) is 42.4. The monoisotopic (exact) mass is 514 g/mol. The number of methoxy groups -OCH3 is 1. The van der Waals surface area contributed by atoms with Crippen molar-refractivity contribution >= 4 is 39.1 Å². The fourth-order valence-electron chi connectivity index (χ4n) is 4.64. The topological polar surface area (TPSA) is 117 Å². The van der Waals surface area contributed by atoms with Gasteiger partial charge in [-0.3, -0.25) is 9.36 Å². The van der Waals surface area contributed by atoms with Crippen LogP contribution in [0.2, 0.25) is 0 Å². The Morgan fingerprint density at radius 2 is 2.11 bits per heavy atom. The lowest BCUT2D eigenvalue weighted by Gasteiger charge is -2.27. The van der Waals surface area contributed by atoms with E-state index in [9.17, 15) is 19.7 Å². The number of ether oxygens (including phenoxy) is 2. The van der Waals surface area contributed by atoms with Crippen LogP contribution in [0.15, 0.2) is 42.2 Å². The number of unbranched alkanes of at least 4 members (excludes halogenated alkanes) is 3. The number of hydrogen-bond acceptors (Lipinski definition) is 8. The van der Waals surface area contributed by atoms with Crippen LogP contribution in [-0.2, 0) is 14.3 Å². The first kappa shape index (κ1) is 25.6. The lowest BCUT2D eigenvalue weighted by molar-refractivity contribution is -0.389. The van der Waals surface area contributed by atoms with E-state index in [0.29, 0.717) is 18.6 Å². The van der Waals surface area contributed by atoms with Gasteiger partial charge < -0.3 is 24.5 Å². The molecule has 0 unspecified atom stereocenters. The number of likely N-dealkylation sites (tertiary alicyclic amines) is 1. The molecule has 0 bridgehead atoms. The fraction of sp³-hybridized carbons (Fsp3) is 0.480. The summed E-state index contributed by atoms with van der Waals surface area (Å²) in [5, 5.41) is 14.3. The predicted octanol–water partition coefficient (Wildman–Crippen LogP) is 4.74. The molecule has 1 saturated heterocycles. The van der Waals surface area contributed by atoms with Gasteiger partial charge in [0.15, 0.2) is 0 Å². The Hall–Kier alpha value is -3.47. The van der Waals surface area contributed by atoms with Gasteiger partial charge in [-0.1, -0.05) is 32.6 Å². The molecule has 4 rings (SSSR count). The molecule has 10 nitrogen and oxygen atoms in total. The van der Waals surface area contributed by atoms with Gasteiger partial charge in [0, 0.05) is 11.1 Å². The SMILES string of the molecule is CCCCCC[C@H](C(=O)N1C[C@@H](Oc2ccc3sccc3c2)C[C@H]1C(=O)OC)n1cnc([N+](=O)[O-])c1. The number of nitro groups is 1. The number of amides is 1. The molecular weight excluding hydrogens is 484 g/mol. The Kier molecular flexibility index (Phi) is 8.19. The summed E-state index contributed by atoms with van der Waals surface area (Å²) in [5.74, 6) is -0.458. The van der Waals surface area contributed by atoms with Crippen LogP contribution in [0.25, 0.3) is 10.1 Å². The largest absolute Gasteiger partial charge is 0.488 e. The highest BCUT2D eigenvalue weighted by atomic mass is 32.1. The number of hydrogen-bond donors (Lipinski definition) is 0. The van der Waals surface area contributed by atoms with E-state index >= 15 is 0 Å². The van der Waals surface area contributed by atoms with E-state index in [0.717, 1.165) is 35.8 Å². The second-order valence-corrected chi connectivity index (χ2v) is 9.87. The number of benzene rings is 1. The maximum atomic E-state index is 13.8. The maximum absolute atomic E-state index is 13.8. The Bertz CT molecular complexity index is 1220. The number of carbonyl (C=O) groups excluding carboxylic acids is 2. The average molecular weight is 515 g/mol. The molecule has 1 aliphatic rings. The van der Waals surface area contributed by atoms with Crippen molar-refractivity contribution in [1.29, 1.82) is 0 Å². The van der Waals surface area contributed by atoms with Crippen molar-refractivity contribution in [2.24, 2.45) is 0 Å². The summed E-state index contributed by atoms with van der Waals surface area (Å²) in [6.45, 7) is 2.31. The molecule has 0 aliphatic carbocycles. The van der Waals surface area contributed by atoms with Crippen LogP contribution >= 0.6 is 11.3 Å². The van der Waals surface area contributed by atoms with Crippen molar-refractivity contribution in [3.05, 3.63) is 52.3 Å². The Balaban J connectivity index is 1.55. The van der Waals surface area contributed by atoms with E-state index in [4.69, 9.17) is 9.47 Å². The number of thiophene rings is 1. The van der Waals surface area contributed by atoms with Gasteiger partial charge in [0.05, 0.1) is 13.7 Å². The minimum Gasteiger partial charge on any atom is -0.488 e. The van der Waals surface area contributed by atoms with Crippen molar-refractivity contribution in [2.75, 3.05) is 13.7 Å². The van der Waals surface area contributed by atoms with E-state index in [1.54, 1.807) is 11.3 Å². The highest BCUT2D eigenvalue weighted by Gasteiger charge is 2.44. The molecule has 3 atom stereocenters. The molecule has 11 heteroatoms. The van der Waals surface area contributed by atoms with E-state index in [-0.39, 0.29) is 18.3 Å². The summed E-state index contributed by atoms with van der Waals surface area (Å²) < 4.78 is 13.8. The smallest absolute Gasteiger partial charge is 0.381 e. The lowest BCUT2D eigenvalue weighted by atomic mass is 10.1. The van der Waals surface area contributed by atoms with Crippen molar-refractivity contribution in [1.82, 2.24) is 14.5 Å². The molecule has 36 heavy (non-hydrogen) atoms. The molecule has 0 spiro atoms. The summed E-state index contributed by atoms with van der Waals surface area (Å²) in [6, 6.07) is 6.33. The van der Waals surface area contributed by atoms with Crippen LogP contribution in [0.1, 0.15) is 51.5 Å². The summed E-state index contributed by atoms with van der Waals surface area (Å²) >= 11 is 1.65. The van der Waals surface area contributed by atoms with Gasteiger partial charge in [0.1, 0.15) is 30.1 Å². The Morgan fingerprint density at radius 3 is 2.83 bits per heavy atom. The number of imidazole rings is 1. The molecule has 1 fully saturated rings. The summed E-state index contributed by atoms with van der Waals surface area (Å²) in [6.07, 6.45) is 6.76. The minimum atomic E-state index is -0.797. The molecule has 0 saturated carbocycles. The van der Waals surface area contributed by atoms with Crippen molar-refractivity contribution in [3.8, 4) is 5.75 Å². The minimum absolute atomic E-state index is 0.211. The highest BCUT2D eigenvalue weighted by molar-refractivity contribution is 7.17.